The Morgan fingerprint density at radius 2 is 1.55 bits per heavy atom. The Balaban J connectivity index is 0.000000285. The predicted octanol–water partition coefficient (Wildman–Crippen LogP) is 3.43. The summed E-state index contributed by atoms with van der Waals surface area (Å²) in [6, 6.07) is 11.4. The molecule has 1 atom stereocenters. The fraction of sp³-hybridized carbons (Fsp3) is 0.208. The first kappa shape index (κ1) is 23.6. The standard InChI is InChI=1S/C16H16O5.C8H8O2/c1-8(2)3-4-10(17)9-7-13(20)14-11(18)5-6-12(19)15(14)16(9)21;9-8(10)6-7-4-2-1-3-5-7/h3,5-7,10,17-19H,4H2,1-2H3;1-5H,6H2,(H,9,10)/t10-;/m1./s1. The summed E-state index contributed by atoms with van der Waals surface area (Å²) in [6.07, 6.45) is 1.95. The molecule has 2 aromatic rings. The van der Waals surface area contributed by atoms with Crippen LogP contribution in [0.1, 0.15) is 46.5 Å². The molecule has 0 spiro atoms. The van der Waals surface area contributed by atoms with Gasteiger partial charge in [0.1, 0.15) is 11.5 Å². The highest BCUT2D eigenvalue weighted by Crippen LogP contribution is 2.35. The molecule has 2 aromatic carbocycles. The van der Waals surface area contributed by atoms with E-state index in [-0.39, 0.29) is 41.0 Å². The number of aliphatic carboxylic acids is 1. The molecule has 0 unspecified atom stereocenters. The van der Waals surface area contributed by atoms with Gasteiger partial charge in [-0.25, -0.2) is 0 Å². The molecule has 31 heavy (non-hydrogen) atoms. The van der Waals surface area contributed by atoms with E-state index in [0.717, 1.165) is 29.3 Å². The highest BCUT2D eigenvalue weighted by atomic mass is 16.4. The topological polar surface area (TPSA) is 132 Å². The normalized spacial score (nSPS) is 13.3. The highest BCUT2D eigenvalue weighted by Gasteiger charge is 2.33. The first-order valence-corrected chi connectivity index (χ1v) is 9.54. The third-order valence-electron chi connectivity index (χ3n) is 4.49. The lowest BCUT2D eigenvalue weighted by molar-refractivity contribution is -0.136. The van der Waals surface area contributed by atoms with Crippen LogP contribution in [0.25, 0.3) is 0 Å². The summed E-state index contributed by atoms with van der Waals surface area (Å²) in [5, 5.41) is 37.9. The number of aromatic hydroxyl groups is 2. The van der Waals surface area contributed by atoms with Crippen LogP contribution in [0, 0.1) is 0 Å². The van der Waals surface area contributed by atoms with E-state index in [0.29, 0.717) is 0 Å². The average Bonchev–Trinajstić information content (AvgIpc) is 2.71. The van der Waals surface area contributed by atoms with Gasteiger partial charge in [-0.15, -0.1) is 0 Å². The van der Waals surface area contributed by atoms with Crippen LogP contribution >= 0.6 is 0 Å². The molecular formula is C24H24O7. The van der Waals surface area contributed by atoms with Crippen LogP contribution < -0.4 is 0 Å². The molecule has 0 amide bonds. The molecule has 1 aliphatic carbocycles. The van der Waals surface area contributed by atoms with Crippen molar-refractivity contribution in [2.75, 3.05) is 0 Å². The number of hydrogen-bond donors (Lipinski definition) is 4. The number of rotatable bonds is 5. The Morgan fingerprint density at radius 1 is 0.968 bits per heavy atom. The summed E-state index contributed by atoms with van der Waals surface area (Å²) >= 11 is 0. The minimum absolute atomic E-state index is 0.0779. The van der Waals surface area contributed by atoms with Gasteiger partial charge in [0.15, 0.2) is 11.6 Å². The van der Waals surface area contributed by atoms with Crippen LogP contribution in [0.3, 0.4) is 0 Å². The molecule has 0 heterocycles. The summed E-state index contributed by atoms with van der Waals surface area (Å²) in [4.78, 5) is 34.5. The van der Waals surface area contributed by atoms with Gasteiger partial charge in [0.05, 0.1) is 23.7 Å². The molecule has 162 valence electrons. The molecule has 0 aliphatic heterocycles. The Kier molecular flexibility index (Phi) is 7.88. The fourth-order valence-electron chi connectivity index (χ4n) is 2.98. The molecule has 7 heteroatoms. The highest BCUT2D eigenvalue weighted by molar-refractivity contribution is 6.26. The molecule has 0 aromatic heterocycles. The third-order valence-corrected chi connectivity index (χ3v) is 4.49. The molecule has 4 N–H and O–H groups in total. The van der Waals surface area contributed by atoms with Gasteiger partial charge in [-0.2, -0.15) is 0 Å². The summed E-state index contributed by atoms with van der Waals surface area (Å²) in [5.41, 5.74) is 1.26. The minimum atomic E-state index is -1.13. The van der Waals surface area contributed by atoms with Crippen molar-refractivity contribution in [2.24, 2.45) is 0 Å². The maximum atomic E-state index is 12.3. The number of phenols is 2. The number of ketones is 2. The summed E-state index contributed by atoms with van der Waals surface area (Å²) in [7, 11) is 0. The van der Waals surface area contributed by atoms with Crippen molar-refractivity contribution in [1.82, 2.24) is 0 Å². The molecule has 0 saturated carbocycles. The van der Waals surface area contributed by atoms with Crippen molar-refractivity contribution in [3.05, 3.63) is 82.5 Å². The van der Waals surface area contributed by atoms with E-state index < -0.39 is 23.6 Å². The molecule has 0 radical (unpaired) electrons. The van der Waals surface area contributed by atoms with Gasteiger partial charge in [0, 0.05) is 5.57 Å². The fourth-order valence-corrected chi connectivity index (χ4v) is 2.98. The van der Waals surface area contributed by atoms with Gasteiger partial charge < -0.3 is 20.4 Å². The van der Waals surface area contributed by atoms with Gasteiger partial charge in [0.2, 0.25) is 0 Å². The predicted molar refractivity (Wildman–Crippen MR) is 114 cm³/mol. The molecule has 0 fully saturated rings. The van der Waals surface area contributed by atoms with Crippen LogP contribution in [0.4, 0.5) is 0 Å². The third kappa shape index (κ3) is 6.13. The molecule has 3 rings (SSSR count). The second-order valence-corrected chi connectivity index (χ2v) is 7.24. The van der Waals surface area contributed by atoms with Gasteiger partial charge in [-0.05, 0) is 44.0 Å². The summed E-state index contributed by atoms with van der Waals surface area (Å²) in [5.74, 6) is -2.79. The molecular weight excluding hydrogens is 400 g/mol. The quantitative estimate of drug-likeness (QED) is 0.427. The first-order valence-electron chi connectivity index (χ1n) is 9.54. The van der Waals surface area contributed by atoms with Crippen LogP contribution in [0.15, 0.2) is 65.8 Å². The number of phenolic OH excluding ortho intramolecular Hbond substituents is 2. The second kappa shape index (κ2) is 10.4. The molecule has 0 bridgehead atoms. The SMILES string of the molecule is CC(C)=CC[C@@H](O)C1=CC(=O)c2c(O)ccc(O)c2C1=O.O=C(O)Cc1ccccc1. The average molecular weight is 424 g/mol. The van der Waals surface area contributed by atoms with E-state index in [1.165, 1.54) is 0 Å². The molecule has 1 aliphatic rings. The number of carbonyl (C=O) groups is 3. The number of allylic oxidation sites excluding steroid dienone is 2. The Morgan fingerprint density at radius 3 is 2.10 bits per heavy atom. The largest absolute Gasteiger partial charge is 0.507 e. The van der Waals surface area contributed by atoms with E-state index >= 15 is 0 Å². The number of aliphatic hydroxyl groups is 1. The number of fused-ring (bicyclic) bond motifs is 1. The van der Waals surface area contributed by atoms with Crippen LogP contribution in [-0.4, -0.2) is 44.1 Å². The van der Waals surface area contributed by atoms with E-state index in [2.05, 4.69) is 0 Å². The van der Waals surface area contributed by atoms with Gasteiger partial charge in [-0.1, -0.05) is 42.0 Å². The lowest BCUT2D eigenvalue weighted by Crippen LogP contribution is -2.25. The maximum absolute atomic E-state index is 12.3. The van der Waals surface area contributed by atoms with Crippen molar-refractivity contribution in [1.29, 1.82) is 0 Å². The number of Topliss-reactive ketones (excluding diaryl/α,β-unsaturated/α-hetero) is 1. The number of hydrogen-bond acceptors (Lipinski definition) is 6. The van der Waals surface area contributed by atoms with Crippen molar-refractivity contribution in [3.8, 4) is 11.5 Å². The zero-order valence-electron chi connectivity index (χ0n) is 17.2. The lowest BCUT2D eigenvalue weighted by Gasteiger charge is -2.20. The van der Waals surface area contributed by atoms with Crippen molar-refractivity contribution in [2.45, 2.75) is 32.8 Å². The van der Waals surface area contributed by atoms with Gasteiger partial charge >= 0.3 is 5.97 Å². The van der Waals surface area contributed by atoms with Crippen molar-refractivity contribution >= 4 is 17.5 Å². The number of aliphatic hydroxyl groups excluding tert-OH is 1. The molecule has 7 nitrogen and oxygen atoms in total. The van der Waals surface area contributed by atoms with Gasteiger partial charge in [0.25, 0.3) is 0 Å². The molecule has 0 saturated heterocycles. The first-order chi connectivity index (χ1) is 14.6. The van der Waals surface area contributed by atoms with E-state index in [1.54, 1.807) is 18.2 Å². The number of carboxylic acid groups (broad SMARTS) is 1. The van der Waals surface area contributed by atoms with Crippen LogP contribution in [0.5, 0.6) is 11.5 Å². The summed E-state index contributed by atoms with van der Waals surface area (Å²) < 4.78 is 0. The number of carbonyl (C=O) groups excluding carboxylic acids is 2. The van der Waals surface area contributed by atoms with E-state index in [1.807, 2.05) is 32.0 Å². The zero-order chi connectivity index (χ0) is 23.1. The Labute approximate surface area is 179 Å². The Hall–Kier alpha value is -3.71. The maximum Gasteiger partial charge on any atom is 0.307 e. The smallest absolute Gasteiger partial charge is 0.307 e. The lowest BCUT2D eigenvalue weighted by atomic mass is 9.85. The Bertz CT molecular complexity index is 1050. The second-order valence-electron chi connectivity index (χ2n) is 7.24. The van der Waals surface area contributed by atoms with Crippen LogP contribution in [0.2, 0.25) is 0 Å². The summed E-state index contributed by atoms with van der Waals surface area (Å²) in [6.45, 7) is 3.71. The van der Waals surface area contributed by atoms with Crippen molar-refractivity contribution < 1.29 is 34.8 Å². The van der Waals surface area contributed by atoms with Crippen molar-refractivity contribution in [3.63, 3.8) is 0 Å². The monoisotopic (exact) mass is 424 g/mol. The zero-order valence-corrected chi connectivity index (χ0v) is 17.2. The number of carboxylic acids is 1. The van der Waals surface area contributed by atoms with Crippen LogP contribution in [-0.2, 0) is 11.2 Å². The van der Waals surface area contributed by atoms with E-state index in [4.69, 9.17) is 5.11 Å². The van der Waals surface area contributed by atoms with E-state index in [9.17, 15) is 29.7 Å². The van der Waals surface area contributed by atoms with Gasteiger partial charge in [-0.3, -0.25) is 14.4 Å². The number of benzene rings is 2. The minimum Gasteiger partial charge on any atom is -0.507 e.